The largest absolute Gasteiger partial charge is 0.507 e. The monoisotopic (exact) mass is 239 g/mol. The van der Waals surface area contributed by atoms with E-state index < -0.39 is 10.1 Å². The first-order valence-electron chi connectivity index (χ1n) is 4.39. The molecule has 0 fully saturated rings. The molecule has 2 aromatic carbocycles. The second-order valence-electron chi connectivity index (χ2n) is 3.33. The average Bonchev–Trinajstić information content (AvgIpc) is 2.16. The summed E-state index contributed by atoms with van der Waals surface area (Å²) in [5.74, 6) is -0.125. The second kappa shape index (κ2) is 3.36. The van der Waals surface area contributed by atoms with Crippen molar-refractivity contribution >= 4 is 26.6 Å². The van der Waals surface area contributed by atoms with Crippen LogP contribution in [0.3, 0.4) is 0 Å². The van der Waals surface area contributed by atoms with Crippen LogP contribution in [0.1, 0.15) is 0 Å². The summed E-state index contributed by atoms with van der Waals surface area (Å²) in [6, 6.07) is 6.87. The van der Waals surface area contributed by atoms with Crippen LogP contribution in [0.2, 0.25) is 0 Å². The third-order valence-electron chi connectivity index (χ3n) is 2.29. The second-order valence-corrected chi connectivity index (χ2v) is 4.72. The molecule has 0 saturated carbocycles. The van der Waals surface area contributed by atoms with Crippen molar-refractivity contribution in [3.8, 4) is 5.75 Å². The fourth-order valence-corrected chi connectivity index (χ4v) is 2.30. The van der Waals surface area contributed by atoms with Gasteiger partial charge in [-0.15, -0.1) is 0 Å². The number of anilines is 1. The molecule has 84 valence electrons. The molecule has 0 radical (unpaired) electrons. The van der Waals surface area contributed by atoms with Crippen LogP contribution in [0.4, 0.5) is 5.69 Å². The molecule has 0 amide bonds. The molecule has 0 bridgehead atoms. The number of hydrogen-bond donors (Lipinski definition) is 3. The van der Waals surface area contributed by atoms with Gasteiger partial charge in [0.05, 0.1) is 0 Å². The zero-order valence-electron chi connectivity index (χ0n) is 8.08. The van der Waals surface area contributed by atoms with Gasteiger partial charge in [-0.3, -0.25) is 4.55 Å². The minimum absolute atomic E-state index is 0.125. The van der Waals surface area contributed by atoms with Gasteiger partial charge in [0.2, 0.25) is 0 Å². The summed E-state index contributed by atoms with van der Waals surface area (Å²) >= 11 is 0. The van der Waals surface area contributed by atoms with Crippen molar-refractivity contribution in [2.45, 2.75) is 4.90 Å². The Bertz CT molecular complexity index is 656. The van der Waals surface area contributed by atoms with Crippen LogP contribution in [0.15, 0.2) is 35.2 Å². The van der Waals surface area contributed by atoms with Gasteiger partial charge in [-0.2, -0.15) is 8.42 Å². The Labute approximate surface area is 91.9 Å². The van der Waals surface area contributed by atoms with E-state index in [2.05, 4.69) is 0 Å². The molecule has 0 aliphatic heterocycles. The van der Waals surface area contributed by atoms with Crippen LogP contribution in [0.25, 0.3) is 10.8 Å². The first kappa shape index (κ1) is 10.7. The van der Waals surface area contributed by atoms with Crippen molar-refractivity contribution in [3.05, 3.63) is 30.3 Å². The number of fused-ring (bicyclic) bond motifs is 1. The van der Waals surface area contributed by atoms with E-state index in [-0.39, 0.29) is 27.1 Å². The predicted molar refractivity (Wildman–Crippen MR) is 59.8 cm³/mol. The minimum Gasteiger partial charge on any atom is -0.507 e. The highest BCUT2D eigenvalue weighted by Gasteiger charge is 2.16. The molecule has 0 spiro atoms. The Kier molecular flexibility index (Phi) is 2.25. The number of benzene rings is 2. The van der Waals surface area contributed by atoms with Gasteiger partial charge in [0.1, 0.15) is 10.6 Å². The fraction of sp³-hybridized carbons (Fsp3) is 0. The van der Waals surface area contributed by atoms with Gasteiger partial charge in [-0.25, -0.2) is 0 Å². The molecule has 0 aliphatic rings. The van der Waals surface area contributed by atoms with E-state index in [1.54, 1.807) is 6.07 Å². The molecule has 0 saturated heterocycles. The van der Waals surface area contributed by atoms with E-state index in [9.17, 15) is 13.5 Å². The Morgan fingerprint density at radius 1 is 1.12 bits per heavy atom. The first-order chi connectivity index (χ1) is 7.41. The molecule has 0 heterocycles. The average molecular weight is 239 g/mol. The van der Waals surface area contributed by atoms with Crippen molar-refractivity contribution in [2.75, 3.05) is 5.73 Å². The maximum Gasteiger partial charge on any atom is 0.295 e. The Morgan fingerprint density at radius 2 is 1.81 bits per heavy atom. The van der Waals surface area contributed by atoms with Gasteiger partial charge in [0.25, 0.3) is 10.1 Å². The number of nitrogen functional groups attached to an aromatic ring is 1. The van der Waals surface area contributed by atoms with E-state index in [4.69, 9.17) is 10.3 Å². The van der Waals surface area contributed by atoms with Gasteiger partial charge in [-0.1, -0.05) is 12.1 Å². The van der Waals surface area contributed by atoms with Crippen LogP contribution in [0.5, 0.6) is 5.75 Å². The molecule has 0 aliphatic carbocycles. The Balaban J connectivity index is 3.02. The lowest BCUT2D eigenvalue weighted by atomic mass is 10.1. The lowest BCUT2D eigenvalue weighted by Gasteiger charge is -2.07. The number of aromatic hydroxyl groups is 1. The van der Waals surface area contributed by atoms with Gasteiger partial charge < -0.3 is 10.8 Å². The molecular weight excluding hydrogens is 230 g/mol. The van der Waals surface area contributed by atoms with Gasteiger partial charge in [0, 0.05) is 16.5 Å². The third-order valence-corrected chi connectivity index (χ3v) is 3.20. The highest BCUT2D eigenvalue weighted by Crippen LogP contribution is 2.33. The minimum atomic E-state index is -4.33. The summed E-state index contributed by atoms with van der Waals surface area (Å²) in [4.78, 5) is -0.271. The van der Waals surface area contributed by atoms with Gasteiger partial charge in [-0.05, 0) is 18.2 Å². The zero-order valence-corrected chi connectivity index (χ0v) is 8.90. The molecule has 0 aromatic heterocycles. The van der Waals surface area contributed by atoms with E-state index >= 15 is 0 Å². The summed E-state index contributed by atoms with van der Waals surface area (Å²) in [6.07, 6.45) is 0. The van der Waals surface area contributed by atoms with E-state index in [1.165, 1.54) is 18.2 Å². The number of hydrogen-bond acceptors (Lipinski definition) is 4. The Hall–Kier alpha value is -1.79. The maximum atomic E-state index is 11.1. The summed E-state index contributed by atoms with van der Waals surface area (Å²) in [7, 11) is -4.33. The van der Waals surface area contributed by atoms with Gasteiger partial charge >= 0.3 is 0 Å². The fourth-order valence-electron chi connectivity index (χ4n) is 1.61. The van der Waals surface area contributed by atoms with Crippen molar-refractivity contribution in [2.24, 2.45) is 0 Å². The normalized spacial score (nSPS) is 11.8. The van der Waals surface area contributed by atoms with E-state index in [0.29, 0.717) is 0 Å². The van der Waals surface area contributed by atoms with Crippen LogP contribution in [-0.2, 0) is 10.1 Å². The molecule has 16 heavy (non-hydrogen) atoms. The highest BCUT2D eigenvalue weighted by molar-refractivity contribution is 7.86. The molecule has 0 atom stereocenters. The molecule has 0 unspecified atom stereocenters. The van der Waals surface area contributed by atoms with Crippen LogP contribution < -0.4 is 5.73 Å². The molecule has 4 N–H and O–H groups in total. The molecule has 6 heteroatoms. The first-order valence-corrected chi connectivity index (χ1v) is 5.83. The number of rotatable bonds is 1. The summed E-state index contributed by atoms with van der Waals surface area (Å²) in [5.41, 5.74) is 5.88. The van der Waals surface area contributed by atoms with Crippen molar-refractivity contribution in [1.29, 1.82) is 0 Å². The number of phenolic OH excluding ortho intramolecular Hbond substituents is 1. The lowest BCUT2D eigenvalue weighted by molar-refractivity contribution is 0.479. The molecule has 2 rings (SSSR count). The summed E-state index contributed by atoms with van der Waals surface area (Å²) in [5, 5.41) is 10.0. The number of phenols is 1. The quantitative estimate of drug-likeness (QED) is 0.515. The zero-order chi connectivity index (χ0) is 11.9. The van der Waals surface area contributed by atoms with Crippen molar-refractivity contribution in [3.63, 3.8) is 0 Å². The van der Waals surface area contributed by atoms with Crippen LogP contribution in [0, 0.1) is 0 Å². The maximum absolute atomic E-state index is 11.1. The van der Waals surface area contributed by atoms with Crippen molar-refractivity contribution in [1.82, 2.24) is 0 Å². The smallest absolute Gasteiger partial charge is 0.295 e. The summed E-state index contributed by atoms with van der Waals surface area (Å²) < 4.78 is 31.2. The Morgan fingerprint density at radius 3 is 2.44 bits per heavy atom. The van der Waals surface area contributed by atoms with Crippen LogP contribution in [-0.4, -0.2) is 18.1 Å². The van der Waals surface area contributed by atoms with E-state index in [0.717, 1.165) is 6.07 Å². The number of nitrogens with two attached hydrogens (primary N) is 1. The topological polar surface area (TPSA) is 101 Å². The standard InChI is InChI=1S/C10H9NO4S/c11-7-3-1-2-6-9(16(13,14)15)5-4-8(12)10(6)7/h1-5,12H,11H2,(H,13,14,15). The van der Waals surface area contributed by atoms with Crippen molar-refractivity contribution < 1.29 is 18.1 Å². The highest BCUT2D eigenvalue weighted by atomic mass is 32.2. The lowest BCUT2D eigenvalue weighted by Crippen LogP contribution is -1.99. The SMILES string of the molecule is Nc1cccc2c(S(=O)(=O)O)ccc(O)c12. The van der Waals surface area contributed by atoms with Gasteiger partial charge in [0.15, 0.2) is 0 Å². The van der Waals surface area contributed by atoms with Crippen LogP contribution >= 0.6 is 0 Å². The molecule has 5 nitrogen and oxygen atoms in total. The van der Waals surface area contributed by atoms with E-state index in [1.807, 2.05) is 0 Å². The molecule has 2 aromatic rings. The predicted octanol–water partition coefficient (Wildman–Crippen LogP) is 1.37. The summed E-state index contributed by atoms with van der Waals surface area (Å²) in [6.45, 7) is 0. The molecular formula is C10H9NO4S. The third kappa shape index (κ3) is 1.58.